The highest BCUT2D eigenvalue weighted by Gasteiger charge is 2.71. The highest BCUT2D eigenvalue weighted by atomic mass is 16.6. The number of benzene rings is 1. The molecule has 1 aromatic carbocycles. The number of alkyl carbamates (subject to hydrolysis) is 1. The minimum absolute atomic E-state index is 0.0211. The molecule has 0 bridgehead atoms. The van der Waals surface area contributed by atoms with Gasteiger partial charge in [0.05, 0.1) is 11.5 Å². The van der Waals surface area contributed by atoms with Gasteiger partial charge in [0.1, 0.15) is 12.4 Å². The number of amides is 1. The van der Waals surface area contributed by atoms with Gasteiger partial charge in [0.25, 0.3) is 0 Å². The zero-order chi connectivity index (χ0) is 27.5. The van der Waals surface area contributed by atoms with E-state index in [4.69, 9.17) is 4.74 Å². The van der Waals surface area contributed by atoms with Crippen molar-refractivity contribution in [2.75, 3.05) is 6.61 Å². The summed E-state index contributed by atoms with van der Waals surface area (Å²) in [7, 11) is 0. The highest BCUT2D eigenvalue weighted by molar-refractivity contribution is 5.99. The van der Waals surface area contributed by atoms with E-state index in [-0.39, 0.29) is 41.3 Å². The van der Waals surface area contributed by atoms with Gasteiger partial charge in [-0.25, -0.2) is 4.79 Å². The molecule has 0 radical (unpaired) electrons. The van der Waals surface area contributed by atoms with Crippen LogP contribution in [0.15, 0.2) is 53.8 Å². The molecule has 7 nitrogen and oxygen atoms in total. The zero-order valence-corrected chi connectivity index (χ0v) is 22.7. The fourth-order valence-electron chi connectivity index (χ4n) is 8.78. The molecule has 5 rings (SSSR count). The van der Waals surface area contributed by atoms with Crippen molar-refractivity contribution in [2.24, 2.45) is 34.5 Å². The molecule has 0 heterocycles. The zero-order valence-electron chi connectivity index (χ0n) is 22.7. The Hall–Kier alpha value is -2.93. The van der Waals surface area contributed by atoms with E-state index in [0.717, 1.165) is 17.6 Å². The molecule has 1 unspecified atom stereocenters. The molecule has 8 atom stereocenters. The average Bonchev–Trinajstić information content (AvgIpc) is 3.11. The van der Waals surface area contributed by atoms with Crippen molar-refractivity contribution in [1.82, 2.24) is 5.32 Å². The number of hydrogen-bond acceptors (Lipinski definition) is 6. The van der Waals surface area contributed by atoms with Crippen LogP contribution in [0.5, 0.6) is 0 Å². The van der Waals surface area contributed by atoms with Crippen molar-refractivity contribution in [2.45, 2.75) is 71.4 Å². The summed E-state index contributed by atoms with van der Waals surface area (Å²) in [6, 6.07) is 9.24. The molecule has 3 N–H and O–H groups in total. The summed E-state index contributed by atoms with van der Waals surface area (Å²) < 4.78 is 6.19. The number of nitrogens with one attached hydrogen (secondary N) is 1. The van der Waals surface area contributed by atoms with Gasteiger partial charge in [-0.2, -0.15) is 0 Å². The van der Waals surface area contributed by atoms with Crippen LogP contribution in [0.25, 0.3) is 0 Å². The van der Waals surface area contributed by atoms with Gasteiger partial charge in [0.15, 0.2) is 11.4 Å². The maximum Gasteiger partial charge on any atom is 0.408 e. The fourth-order valence-corrected chi connectivity index (χ4v) is 8.78. The predicted octanol–water partition coefficient (Wildman–Crippen LogP) is 5.21. The maximum absolute atomic E-state index is 13.6. The number of Topliss-reactive ketones (excluding diaryl/α,β-unsaturated/α-hetero) is 1. The van der Waals surface area contributed by atoms with E-state index in [1.807, 2.05) is 58.0 Å². The van der Waals surface area contributed by atoms with E-state index in [0.29, 0.717) is 25.7 Å². The maximum atomic E-state index is 13.6. The molecule has 0 saturated heterocycles. The summed E-state index contributed by atoms with van der Waals surface area (Å²) in [6.45, 7) is 7.16. The molecule has 3 fully saturated rings. The molecule has 3 saturated carbocycles. The number of aliphatic hydroxyl groups is 2. The largest absolute Gasteiger partial charge is 0.508 e. The van der Waals surface area contributed by atoms with E-state index >= 15 is 0 Å². The third-order valence-electron chi connectivity index (χ3n) is 10.7. The minimum Gasteiger partial charge on any atom is -0.508 e. The second-order valence-corrected chi connectivity index (χ2v) is 12.3. The normalized spacial score (nSPS) is 38.6. The Morgan fingerprint density at radius 2 is 1.84 bits per heavy atom. The summed E-state index contributed by atoms with van der Waals surface area (Å²) in [4.78, 5) is 40.2. The van der Waals surface area contributed by atoms with Crippen molar-refractivity contribution >= 4 is 17.7 Å². The number of rotatable bonds is 5. The van der Waals surface area contributed by atoms with Crippen LogP contribution in [0.4, 0.5) is 4.79 Å². The first-order valence-electron chi connectivity index (χ1n) is 13.8. The van der Waals surface area contributed by atoms with Crippen LogP contribution in [0.3, 0.4) is 0 Å². The van der Waals surface area contributed by atoms with Gasteiger partial charge in [0.2, 0.25) is 5.78 Å². The van der Waals surface area contributed by atoms with Crippen molar-refractivity contribution in [1.29, 1.82) is 0 Å². The fraction of sp³-hybridized carbons (Fsp3) is 0.581. The van der Waals surface area contributed by atoms with Gasteiger partial charge in [-0.3, -0.25) is 9.59 Å². The Morgan fingerprint density at radius 1 is 1.13 bits per heavy atom. The monoisotopic (exact) mass is 521 g/mol. The molecule has 0 spiro atoms. The number of carbonyl (C=O) groups excluding carboxylic acids is 3. The van der Waals surface area contributed by atoms with Crippen LogP contribution in [-0.4, -0.2) is 40.1 Å². The first-order chi connectivity index (χ1) is 18.0. The van der Waals surface area contributed by atoms with Crippen LogP contribution in [0.2, 0.25) is 0 Å². The van der Waals surface area contributed by atoms with Crippen molar-refractivity contribution in [3.05, 3.63) is 59.4 Å². The molecule has 0 aliphatic heterocycles. The third-order valence-corrected chi connectivity index (χ3v) is 10.7. The summed E-state index contributed by atoms with van der Waals surface area (Å²) in [5.41, 5.74) is -0.887. The molecular formula is C31H39NO6. The van der Waals surface area contributed by atoms with Crippen LogP contribution in [-0.2, 0) is 14.3 Å². The van der Waals surface area contributed by atoms with Crippen LogP contribution in [0.1, 0.15) is 71.4 Å². The quantitative estimate of drug-likeness (QED) is 0.490. The molecule has 1 amide bonds. The molecule has 7 heteroatoms. The number of fused-ring (bicyclic) bond motifs is 5. The van der Waals surface area contributed by atoms with E-state index < -0.39 is 34.9 Å². The van der Waals surface area contributed by atoms with Gasteiger partial charge in [0, 0.05) is 17.4 Å². The van der Waals surface area contributed by atoms with E-state index in [1.54, 1.807) is 6.08 Å². The lowest BCUT2D eigenvalue weighted by Crippen LogP contribution is -2.62. The molecule has 38 heavy (non-hydrogen) atoms. The van der Waals surface area contributed by atoms with Gasteiger partial charge >= 0.3 is 6.09 Å². The smallest absolute Gasteiger partial charge is 0.408 e. The predicted molar refractivity (Wildman–Crippen MR) is 142 cm³/mol. The van der Waals surface area contributed by atoms with E-state index in [2.05, 4.69) is 5.32 Å². The van der Waals surface area contributed by atoms with Crippen molar-refractivity contribution in [3.63, 3.8) is 0 Å². The SMILES string of the molecule is CC1C[C@H]2[C@@H]3CCC4=CC(O)=CC(=O)[C@]4(C)[C@H]3CC[C@]2(C)[C@@]1(OC(=O)N[C@@H](C)c1ccccc1)C(=O)CO. The number of hydrogen-bond donors (Lipinski definition) is 3. The topological polar surface area (TPSA) is 113 Å². The number of ketones is 2. The lowest BCUT2D eigenvalue weighted by atomic mass is 9.46. The van der Waals surface area contributed by atoms with Gasteiger partial charge < -0.3 is 20.3 Å². The number of carbonyl (C=O) groups is 3. The first-order valence-corrected chi connectivity index (χ1v) is 13.8. The second-order valence-electron chi connectivity index (χ2n) is 12.3. The average molecular weight is 522 g/mol. The summed E-state index contributed by atoms with van der Waals surface area (Å²) in [5, 5.41) is 23.1. The molecule has 204 valence electrons. The summed E-state index contributed by atoms with van der Waals surface area (Å²) >= 11 is 0. The third kappa shape index (κ3) is 3.69. The molecule has 0 aromatic heterocycles. The van der Waals surface area contributed by atoms with E-state index in [1.165, 1.54) is 6.08 Å². The minimum atomic E-state index is -1.45. The standard InChI is InChI=1S/C31H39NO6/c1-18-14-25-23-11-10-21-15-22(34)16-26(35)30(21,4)24(23)12-13-29(25,3)31(18,27(36)17-33)38-28(37)32-19(2)20-8-6-5-7-9-20/h5-9,15-16,18-19,23-25,33-34H,10-14,17H2,1-4H3,(H,32,37)/t18?,19-,23+,24-,25-,29-,30-,31-/m0/s1. The number of ether oxygens (including phenoxy) is 1. The van der Waals surface area contributed by atoms with Crippen LogP contribution < -0.4 is 5.32 Å². The lowest BCUT2D eigenvalue weighted by Gasteiger charge is -2.58. The Labute approximate surface area is 224 Å². The summed E-state index contributed by atoms with van der Waals surface area (Å²) in [5.74, 6) is -0.481. The first kappa shape index (κ1) is 26.7. The Bertz CT molecular complexity index is 1210. The Balaban J connectivity index is 1.46. The van der Waals surface area contributed by atoms with Gasteiger partial charge in [-0.1, -0.05) is 49.8 Å². The van der Waals surface area contributed by atoms with Crippen LogP contribution in [0, 0.1) is 34.5 Å². The molecule has 4 aliphatic carbocycles. The van der Waals surface area contributed by atoms with Gasteiger partial charge in [-0.15, -0.1) is 0 Å². The summed E-state index contributed by atoms with van der Waals surface area (Å²) in [6.07, 6.45) is 5.96. The Morgan fingerprint density at radius 3 is 2.53 bits per heavy atom. The number of allylic oxidation sites excluding steroid dienone is 3. The van der Waals surface area contributed by atoms with E-state index in [9.17, 15) is 24.6 Å². The lowest BCUT2D eigenvalue weighted by molar-refractivity contribution is -0.171. The van der Waals surface area contributed by atoms with Crippen molar-refractivity contribution in [3.8, 4) is 0 Å². The molecular weight excluding hydrogens is 482 g/mol. The van der Waals surface area contributed by atoms with Crippen LogP contribution >= 0.6 is 0 Å². The van der Waals surface area contributed by atoms with Gasteiger partial charge in [-0.05, 0) is 75.3 Å². The Kier molecular flexibility index (Phi) is 6.57. The molecule has 1 aromatic rings. The highest BCUT2D eigenvalue weighted by Crippen LogP contribution is 2.69. The molecule has 4 aliphatic rings. The number of aliphatic hydroxyl groups excluding tert-OH is 2. The van der Waals surface area contributed by atoms with Crippen molar-refractivity contribution < 1.29 is 29.3 Å². The second kappa shape index (κ2) is 9.37.